The maximum absolute atomic E-state index is 15.0. The van der Waals surface area contributed by atoms with Crippen LogP contribution in [0, 0.1) is 17.7 Å². The normalized spacial score (nSPS) is 26.3. The molecule has 0 spiro atoms. The zero-order valence-corrected chi connectivity index (χ0v) is 28.9. The molecule has 14 heteroatoms. The van der Waals surface area contributed by atoms with Gasteiger partial charge in [-0.25, -0.2) is 9.18 Å². The Morgan fingerprint density at radius 3 is 2.58 bits per heavy atom. The van der Waals surface area contributed by atoms with E-state index in [0.717, 1.165) is 0 Å². The average molecular weight is 695 g/mol. The zero-order valence-electron chi connectivity index (χ0n) is 28.9. The molecule has 0 saturated carbocycles. The number of hydrogen-bond acceptors (Lipinski definition) is 9. The summed E-state index contributed by atoms with van der Waals surface area (Å²) in [5.41, 5.74) is 1.92. The first-order chi connectivity index (χ1) is 23.9. The van der Waals surface area contributed by atoms with Gasteiger partial charge < -0.3 is 29.7 Å². The van der Waals surface area contributed by atoms with Crippen molar-refractivity contribution in [1.29, 1.82) is 0 Å². The minimum absolute atomic E-state index is 0.0240. The molecule has 1 aromatic heterocycles. The second-order valence-corrected chi connectivity index (χ2v) is 13.4. The number of esters is 1. The molecule has 3 aliphatic rings. The second-order valence-electron chi connectivity index (χ2n) is 13.4. The number of nitrogens with one attached hydrogen (secondary N) is 1. The van der Waals surface area contributed by atoms with Crippen molar-refractivity contribution < 1.29 is 38.1 Å². The number of halogens is 1. The fraction of sp³-hybridized carbons (Fsp3) is 0.528. The number of rotatable bonds is 6. The Hall–Kier alpha value is -4.72. The average Bonchev–Trinajstić information content (AvgIpc) is 3.60. The Balaban J connectivity index is 1.30. The van der Waals surface area contributed by atoms with Gasteiger partial charge in [-0.15, -0.1) is 0 Å². The first-order valence-corrected chi connectivity index (χ1v) is 17.2. The summed E-state index contributed by atoms with van der Waals surface area (Å²) in [6.07, 6.45) is 6.45. The van der Waals surface area contributed by atoms with Gasteiger partial charge in [0.15, 0.2) is 0 Å². The Labute approximate surface area is 291 Å². The highest BCUT2D eigenvalue weighted by Crippen LogP contribution is 2.28. The number of aliphatic hydroxyl groups excluding tert-OH is 1. The summed E-state index contributed by atoms with van der Waals surface area (Å²) in [7, 11) is 0. The molecule has 2 saturated heterocycles. The Morgan fingerprint density at radius 1 is 1.08 bits per heavy atom. The highest BCUT2D eigenvalue weighted by Gasteiger charge is 2.30. The van der Waals surface area contributed by atoms with Gasteiger partial charge in [0.25, 0.3) is 0 Å². The van der Waals surface area contributed by atoms with Crippen LogP contribution in [0.2, 0.25) is 0 Å². The van der Waals surface area contributed by atoms with E-state index in [4.69, 9.17) is 9.47 Å². The number of benzene rings is 1. The van der Waals surface area contributed by atoms with Crippen LogP contribution in [-0.4, -0.2) is 113 Å². The lowest BCUT2D eigenvalue weighted by Gasteiger charge is -2.36. The van der Waals surface area contributed by atoms with Crippen molar-refractivity contribution in [2.75, 3.05) is 50.7 Å². The number of amides is 3. The lowest BCUT2D eigenvalue weighted by atomic mass is 9.91. The largest absolute Gasteiger partial charge is 0.457 e. The molecule has 270 valence electrons. The molecule has 5 rings (SSSR count). The van der Waals surface area contributed by atoms with Gasteiger partial charge in [0.2, 0.25) is 11.8 Å². The van der Waals surface area contributed by atoms with Crippen molar-refractivity contribution in [3.8, 4) is 0 Å². The third kappa shape index (κ3) is 9.93. The molecule has 1 aromatic carbocycles. The second kappa shape index (κ2) is 16.8. The van der Waals surface area contributed by atoms with Crippen molar-refractivity contribution in [3.05, 3.63) is 65.8 Å². The number of carbonyl (C=O) groups excluding carboxylic acids is 4. The smallest absolute Gasteiger partial charge is 0.410 e. The van der Waals surface area contributed by atoms with E-state index >= 15 is 0 Å². The van der Waals surface area contributed by atoms with E-state index in [1.165, 1.54) is 17.0 Å². The molecule has 3 aliphatic heterocycles. The van der Waals surface area contributed by atoms with Gasteiger partial charge in [0.1, 0.15) is 31.1 Å². The summed E-state index contributed by atoms with van der Waals surface area (Å²) in [4.78, 5) is 55.7. The minimum Gasteiger partial charge on any atom is -0.457 e. The molecular formula is C36H47FN6O7. The van der Waals surface area contributed by atoms with E-state index in [-0.39, 0.29) is 43.2 Å². The van der Waals surface area contributed by atoms with E-state index in [2.05, 4.69) is 10.4 Å². The predicted molar refractivity (Wildman–Crippen MR) is 183 cm³/mol. The number of aromatic nitrogens is 2. The predicted octanol–water partition coefficient (Wildman–Crippen LogP) is 3.00. The maximum atomic E-state index is 15.0. The van der Waals surface area contributed by atoms with Gasteiger partial charge in [-0.05, 0) is 67.2 Å². The van der Waals surface area contributed by atoms with Gasteiger partial charge in [0, 0.05) is 63.3 Å². The van der Waals surface area contributed by atoms with Crippen LogP contribution in [0.1, 0.15) is 45.6 Å². The SMILES string of the molecule is C/C(=C\c1cc(F)cc(N2CCN(C(=O)Cn3cccn3)CC2)c1)[C@H]1OC(=O)C[C@H](O)CC[C@H](C)[C@@H](OC(=O)N2CCNC(=O)C2)/C=C\[C@@H]1C. The third-order valence-electron chi connectivity index (χ3n) is 9.39. The lowest BCUT2D eigenvalue weighted by Crippen LogP contribution is -2.50. The fourth-order valence-corrected chi connectivity index (χ4v) is 6.49. The Kier molecular flexibility index (Phi) is 12.3. The van der Waals surface area contributed by atoms with Crippen LogP contribution in [-0.2, 0) is 30.4 Å². The van der Waals surface area contributed by atoms with Crippen LogP contribution < -0.4 is 10.2 Å². The number of aliphatic hydroxyl groups is 1. The molecule has 0 radical (unpaired) electrons. The maximum Gasteiger partial charge on any atom is 0.410 e. The van der Waals surface area contributed by atoms with Crippen LogP contribution in [0.25, 0.3) is 6.08 Å². The van der Waals surface area contributed by atoms with Crippen LogP contribution in [0.3, 0.4) is 0 Å². The molecule has 0 unspecified atom stereocenters. The number of cyclic esters (lactones) is 1. The first-order valence-electron chi connectivity index (χ1n) is 17.2. The molecular weight excluding hydrogens is 647 g/mol. The quantitative estimate of drug-likeness (QED) is 0.344. The van der Waals surface area contributed by atoms with Crippen molar-refractivity contribution in [3.63, 3.8) is 0 Å². The summed E-state index contributed by atoms with van der Waals surface area (Å²) in [5, 5.41) is 17.4. The summed E-state index contributed by atoms with van der Waals surface area (Å²) < 4.78 is 28.4. The Morgan fingerprint density at radius 2 is 1.86 bits per heavy atom. The van der Waals surface area contributed by atoms with Gasteiger partial charge in [-0.3, -0.25) is 24.0 Å². The number of piperazine rings is 2. The topological polar surface area (TPSA) is 147 Å². The zero-order chi connectivity index (χ0) is 35.8. The van der Waals surface area contributed by atoms with E-state index in [0.29, 0.717) is 68.9 Å². The highest BCUT2D eigenvalue weighted by atomic mass is 19.1. The molecule has 13 nitrogen and oxygen atoms in total. The first kappa shape index (κ1) is 36.6. The van der Waals surface area contributed by atoms with E-state index < -0.39 is 36.2 Å². The Bertz CT molecular complexity index is 1570. The number of carbonyl (C=O) groups is 4. The highest BCUT2D eigenvalue weighted by molar-refractivity contribution is 5.83. The molecule has 5 atom stereocenters. The minimum atomic E-state index is -0.942. The summed E-state index contributed by atoms with van der Waals surface area (Å²) in [6.45, 7) is 8.45. The summed E-state index contributed by atoms with van der Waals surface area (Å²) in [6, 6.07) is 6.52. The van der Waals surface area contributed by atoms with Crippen LogP contribution in [0.5, 0.6) is 0 Å². The number of hydrogen-bond donors (Lipinski definition) is 2. The fourth-order valence-electron chi connectivity index (χ4n) is 6.49. The van der Waals surface area contributed by atoms with Crippen molar-refractivity contribution in [2.45, 2.75) is 64.9 Å². The van der Waals surface area contributed by atoms with Crippen LogP contribution in [0.4, 0.5) is 14.9 Å². The third-order valence-corrected chi connectivity index (χ3v) is 9.39. The number of ether oxygens (including phenoxy) is 2. The summed E-state index contributed by atoms with van der Waals surface area (Å²) in [5.74, 6) is -1.79. The molecule has 0 aliphatic carbocycles. The molecule has 2 fully saturated rings. The lowest BCUT2D eigenvalue weighted by molar-refractivity contribution is -0.151. The number of anilines is 1. The van der Waals surface area contributed by atoms with E-state index in [1.807, 2.05) is 30.9 Å². The van der Waals surface area contributed by atoms with Crippen molar-refractivity contribution in [1.82, 2.24) is 24.9 Å². The number of nitrogens with zero attached hydrogens (tertiary/aromatic N) is 5. The molecule has 3 amide bonds. The molecule has 0 bridgehead atoms. The van der Waals surface area contributed by atoms with Gasteiger partial charge in [-0.2, -0.15) is 5.10 Å². The monoisotopic (exact) mass is 694 g/mol. The van der Waals surface area contributed by atoms with Crippen LogP contribution >= 0.6 is 0 Å². The van der Waals surface area contributed by atoms with Gasteiger partial charge in [0.05, 0.1) is 12.5 Å². The standard InChI is InChI=1S/C36H47FN6O7/c1-24-5-7-30(44)21-34(47)50-35(25(2)6-8-31(24)49-36(48)42-12-10-38-32(45)22-42)26(3)17-27-18-28(37)20-29(19-27)40-13-15-41(16-14-40)33(46)23-43-11-4-9-39-43/h4,6,8-9,11,17-20,24-25,30-31,35,44H,5,7,10,12-16,21-23H2,1-3H3,(H,38,45)/b8-6-,26-17+/t24-,25-,30+,31-,35-/m0/s1. The van der Waals surface area contributed by atoms with E-state index in [1.54, 1.807) is 47.1 Å². The van der Waals surface area contributed by atoms with E-state index in [9.17, 15) is 28.7 Å². The van der Waals surface area contributed by atoms with Crippen molar-refractivity contribution >= 4 is 35.6 Å². The molecule has 50 heavy (non-hydrogen) atoms. The van der Waals surface area contributed by atoms with Gasteiger partial charge in [-0.1, -0.05) is 26.0 Å². The van der Waals surface area contributed by atoms with Crippen LogP contribution in [0.15, 0.2) is 54.4 Å². The van der Waals surface area contributed by atoms with Gasteiger partial charge >= 0.3 is 12.1 Å². The molecule has 2 aromatic rings. The van der Waals surface area contributed by atoms with Crippen molar-refractivity contribution in [2.24, 2.45) is 11.8 Å². The summed E-state index contributed by atoms with van der Waals surface area (Å²) >= 11 is 0. The molecule has 2 N–H and O–H groups in total. The molecule has 4 heterocycles.